The first-order valence-electron chi connectivity index (χ1n) is 10.2. The van der Waals surface area contributed by atoms with Crippen molar-refractivity contribution in [3.63, 3.8) is 0 Å². The lowest BCUT2D eigenvalue weighted by atomic mass is 9.96. The van der Waals surface area contributed by atoms with Crippen molar-refractivity contribution in [3.05, 3.63) is 54.0 Å². The Morgan fingerprint density at radius 1 is 1.25 bits per heavy atom. The highest BCUT2D eigenvalue weighted by atomic mass is 35.5. The molecule has 0 spiro atoms. The lowest BCUT2D eigenvalue weighted by Gasteiger charge is -2.24. The number of nitrogens with one attached hydrogen (secondary N) is 1. The summed E-state index contributed by atoms with van der Waals surface area (Å²) in [5, 5.41) is 24.9. The molecule has 1 aliphatic heterocycles. The van der Waals surface area contributed by atoms with E-state index in [-0.39, 0.29) is 12.0 Å². The molecule has 1 aliphatic rings. The molecule has 5 rings (SSSR count). The Bertz CT molecular complexity index is 1360. The fraction of sp³-hybridized carbons (Fsp3) is 0.273. The van der Waals surface area contributed by atoms with Crippen LogP contribution in [-0.4, -0.2) is 42.8 Å². The molecule has 0 saturated carbocycles. The van der Waals surface area contributed by atoms with Gasteiger partial charge in [0.2, 0.25) is 0 Å². The normalized spacial score (nSPS) is 16.7. The van der Waals surface area contributed by atoms with Crippen molar-refractivity contribution in [2.75, 3.05) is 18.0 Å². The quantitative estimate of drug-likeness (QED) is 0.498. The van der Waals surface area contributed by atoms with E-state index in [9.17, 15) is 10.5 Å². The number of fused-ring (bicyclic) bond motifs is 1. The Balaban J connectivity index is 1.42. The maximum Gasteiger partial charge on any atom is 0.141 e. The summed E-state index contributed by atoms with van der Waals surface area (Å²) in [5.41, 5.74) is 3.61. The van der Waals surface area contributed by atoms with Gasteiger partial charge in [-0.2, -0.15) is 15.6 Å². The molecular weight excluding hydrogens is 426 g/mol. The minimum absolute atomic E-state index is 0.0972. The number of hydrogen-bond acceptors (Lipinski definition) is 7. The molecule has 2 atom stereocenters. The Morgan fingerprint density at radius 3 is 3.00 bits per heavy atom. The number of H-pyrrole nitrogens is 1. The van der Waals surface area contributed by atoms with Crippen LogP contribution >= 0.6 is 11.6 Å². The molecule has 0 radical (unpaired) electrons. The summed E-state index contributed by atoms with van der Waals surface area (Å²) in [7, 11) is 0. The van der Waals surface area contributed by atoms with Gasteiger partial charge < -0.3 is 9.88 Å². The van der Waals surface area contributed by atoms with Gasteiger partial charge >= 0.3 is 0 Å². The van der Waals surface area contributed by atoms with Gasteiger partial charge in [-0.05, 0) is 12.5 Å². The summed E-state index contributed by atoms with van der Waals surface area (Å²) < 4.78 is 1.87. The smallest absolute Gasteiger partial charge is 0.141 e. The minimum atomic E-state index is -0.0972. The highest BCUT2D eigenvalue weighted by Crippen LogP contribution is 2.36. The second kappa shape index (κ2) is 8.29. The third-order valence-electron chi connectivity index (χ3n) is 5.97. The summed E-state index contributed by atoms with van der Waals surface area (Å²) in [6.07, 6.45) is 11.4. The predicted octanol–water partition coefficient (Wildman–Crippen LogP) is 3.72. The van der Waals surface area contributed by atoms with Gasteiger partial charge in [-0.3, -0.25) is 9.67 Å². The van der Waals surface area contributed by atoms with Crippen LogP contribution in [0.2, 0.25) is 5.02 Å². The molecule has 158 valence electrons. The van der Waals surface area contributed by atoms with Gasteiger partial charge in [0, 0.05) is 48.5 Å². The second-order valence-electron chi connectivity index (χ2n) is 7.72. The zero-order chi connectivity index (χ0) is 22.1. The fourth-order valence-corrected chi connectivity index (χ4v) is 4.60. The minimum Gasteiger partial charge on any atom is -0.369 e. The number of aromatic nitrogens is 6. The van der Waals surface area contributed by atoms with Crippen LogP contribution in [0.15, 0.2) is 43.4 Å². The van der Waals surface area contributed by atoms with Gasteiger partial charge in [-0.15, -0.1) is 0 Å². The van der Waals surface area contributed by atoms with Crippen LogP contribution in [0.25, 0.3) is 22.3 Å². The van der Waals surface area contributed by atoms with Crippen molar-refractivity contribution in [3.8, 4) is 23.4 Å². The molecule has 4 aromatic rings. The summed E-state index contributed by atoms with van der Waals surface area (Å²) in [6.45, 7) is 1.45. The SMILES string of the molecule is N#CCC(C1CCN(c2cncc(Cl)c2C#N)C1)n1cc(-c2ncnc3[nH]ccc23)cn1. The van der Waals surface area contributed by atoms with Gasteiger partial charge in [0.15, 0.2) is 0 Å². The topological polar surface area (TPSA) is 123 Å². The molecule has 9 nitrogen and oxygen atoms in total. The number of hydrogen-bond donors (Lipinski definition) is 1. The third-order valence-corrected chi connectivity index (χ3v) is 6.26. The average Bonchev–Trinajstić information content (AvgIpc) is 3.57. The second-order valence-corrected chi connectivity index (χ2v) is 8.13. The van der Waals surface area contributed by atoms with Crippen LogP contribution in [0.5, 0.6) is 0 Å². The van der Waals surface area contributed by atoms with Crippen LogP contribution in [0, 0.1) is 28.6 Å². The van der Waals surface area contributed by atoms with E-state index in [1.165, 1.54) is 12.5 Å². The Kier molecular flexibility index (Phi) is 5.18. The van der Waals surface area contributed by atoms with Crippen molar-refractivity contribution < 1.29 is 0 Å². The molecule has 10 heteroatoms. The number of anilines is 1. The first kappa shape index (κ1) is 20.0. The van der Waals surface area contributed by atoms with E-state index in [0.717, 1.165) is 40.9 Å². The molecule has 0 bridgehead atoms. The molecule has 2 unspecified atom stereocenters. The largest absolute Gasteiger partial charge is 0.369 e. The monoisotopic (exact) mass is 443 g/mol. The van der Waals surface area contributed by atoms with Crippen molar-refractivity contribution in [2.45, 2.75) is 18.9 Å². The number of nitriles is 2. The van der Waals surface area contributed by atoms with Crippen LogP contribution in [0.1, 0.15) is 24.4 Å². The number of nitrogens with zero attached hydrogens (tertiary/aromatic N) is 8. The number of aromatic amines is 1. The standard InChI is InChI=1S/C22H18ClN9/c23-18-9-26-10-20(17(18)7-25)31-6-3-14(11-31)19(1-4-24)32-12-15(8-30-32)21-16-2-5-27-22(16)29-13-28-21/h2,5,8-10,12-14,19H,1,3,6,11H2,(H,27,28,29). The van der Waals surface area contributed by atoms with E-state index in [0.29, 0.717) is 23.6 Å². The van der Waals surface area contributed by atoms with Crippen molar-refractivity contribution in [1.82, 2.24) is 29.7 Å². The van der Waals surface area contributed by atoms with E-state index < -0.39 is 0 Å². The summed E-state index contributed by atoms with van der Waals surface area (Å²) >= 11 is 6.17. The first-order chi connectivity index (χ1) is 15.7. The Hall–Kier alpha value is -3.95. The zero-order valence-corrected chi connectivity index (χ0v) is 17.7. The molecule has 1 saturated heterocycles. The molecule has 1 fully saturated rings. The van der Waals surface area contributed by atoms with Gasteiger partial charge in [-0.1, -0.05) is 11.6 Å². The molecule has 5 heterocycles. The lowest BCUT2D eigenvalue weighted by Crippen LogP contribution is -2.25. The van der Waals surface area contributed by atoms with Gasteiger partial charge in [-0.25, -0.2) is 9.97 Å². The molecule has 1 N–H and O–H groups in total. The highest BCUT2D eigenvalue weighted by molar-refractivity contribution is 6.32. The summed E-state index contributed by atoms with van der Waals surface area (Å²) in [5.74, 6) is 0.186. The van der Waals surface area contributed by atoms with E-state index in [4.69, 9.17) is 11.6 Å². The third kappa shape index (κ3) is 3.43. The molecular formula is C22H18ClN9. The number of rotatable bonds is 5. The zero-order valence-electron chi connectivity index (χ0n) is 17.0. The fourth-order valence-electron chi connectivity index (χ4n) is 4.41. The molecule has 0 amide bonds. The van der Waals surface area contributed by atoms with Crippen LogP contribution in [0.3, 0.4) is 0 Å². The van der Waals surface area contributed by atoms with Crippen molar-refractivity contribution in [2.24, 2.45) is 5.92 Å². The van der Waals surface area contributed by atoms with Crippen LogP contribution < -0.4 is 4.90 Å². The van der Waals surface area contributed by atoms with Gasteiger partial charge in [0.1, 0.15) is 18.0 Å². The average molecular weight is 444 g/mol. The molecule has 32 heavy (non-hydrogen) atoms. The summed E-state index contributed by atoms with van der Waals surface area (Å²) in [4.78, 5) is 18.0. The van der Waals surface area contributed by atoms with Gasteiger partial charge in [0.05, 0.1) is 52.9 Å². The molecule has 4 aromatic heterocycles. The van der Waals surface area contributed by atoms with Crippen LogP contribution in [0.4, 0.5) is 5.69 Å². The lowest BCUT2D eigenvalue weighted by molar-refractivity contribution is 0.332. The van der Waals surface area contributed by atoms with E-state index in [1.807, 2.05) is 23.1 Å². The maximum atomic E-state index is 9.51. The van der Waals surface area contributed by atoms with E-state index in [1.54, 1.807) is 12.4 Å². The van der Waals surface area contributed by atoms with Gasteiger partial charge in [0.25, 0.3) is 0 Å². The molecule has 0 aliphatic carbocycles. The molecule has 0 aromatic carbocycles. The van der Waals surface area contributed by atoms with Crippen LogP contribution in [-0.2, 0) is 0 Å². The number of pyridine rings is 1. The first-order valence-corrected chi connectivity index (χ1v) is 10.6. The van der Waals surface area contributed by atoms with E-state index in [2.05, 4.69) is 42.1 Å². The number of halogens is 1. The van der Waals surface area contributed by atoms with Crippen molar-refractivity contribution >= 4 is 28.3 Å². The maximum absolute atomic E-state index is 9.51. The predicted molar refractivity (Wildman–Crippen MR) is 119 cm³/mol. The highest BCUT2D eigenvalue weighted by Gasteiger charge is 2.32. The Morgan fingerprint density at radius 2 is 2.16 bits per heavy atom. The Labute approximate surface area is 188 Å². The van der Waals surface area contributed by atoms with E-state index >= 15 is 0 Å². The van der Waals surface area contributed by atoms with Crippen molar-refractivity contribution in [1.29, 1.82) is 10.5 Å². The summed E-state index contributed by atoms with van der Waals surface area (Å²) in [6, 6.07) is 6.33.